The van der Waals surface area contributed by atoms with E-state index in [0.717, 1.165) is 37.8 Å². The van der Waals surface area contributed by atoms with Gasteiger partial charge < -0.3 is 5.32 Å². The number of nitrogens with one attached hydrogen (secondary N) is 1. The molecule has 0 spiro atoms. The summed E-state index contributed by atoms with van der Waals surface area (Å²) in [5.41, 5.74) is 0. The van der Waals surface area contributed by atoms with Crippen LogP contribution in [-0.4, -0.2) is 23.3 Å². The Balaban J connectivity index is 1.71. The summed E-state index contributed by atoms with van der Waals surface area (Å²) in [7, 11) is 0. The van der Waals surface area contributed by atoms with E-state index >= 15 is 0 Å². The smallest absolute Gasteiger partial charge is 0.118 e. The minimum atomic E-state index is 0.718. The molecule has 1 aliphatic carbocycles. The Labute approximate surface area is 127 Å². The third kappa shape index (κ3) is 5.88. The van der Waals surface area contributed by atoms with Gasteiger partial charge >= 0.3 is 0 Å². The van der Waals surface area contributed by atoms with Crippen molar-refractivity contribution in [3.63, 3.8) is 0 Å². The first-order valence-electron chi connectivity index (χ1n) is 8.26. The maximum Gasteiger partial charge on any atom is 0.118 e. The van der Waals surface area contributed by atoms with Crippen molar-refractivity contribution in [2.75, 3.05) is 13.1 Å². The molecule has 1 aromatic heterocycles. The number of nitrogens with zero attached hydrogens (tertiary/aromatic N) is 2. The Hall–Kier alpha value is -0.480. The van der Waals surface area contributed by atoms with Crippen molar-refractivity contribution in [3.05, 3.63) is 10.0 Å². The Morgan fingerprint density at radius 3 is 2.50 bits per heavy atom. The van der Waals surface area contributed by atoms with Crippen LogP contribution in [0.5, 0.6) is 0 Å². The molecule has 114 valence electrons. The van der Waals surface area contributed by atoms with Crippen molar-refractivity contribution < 1.29 is 0 Å². The van der Waals surface area contributed by atoms with Crippen molar-refractivity contribution in [2.45, 2.75) is 65.2 Å². The molecule has 1 fully saturated rings. The van der Waals surface area contributed by atoms with Crippen molar-refractivity contribution in [2.24, 2.45) is 11.8 Å². The van der Waals surface area contributed by atoms with Crippen LogP contribution in [0.4, 0.5) is 0 Å². The van der Waals surface area contributed by atoms with E-state index in [4.69, 9.17) is 0 Å². The maximum absolute atomic E-state index is 4.40. The minimum absolute atomic E-state index is 0.718. The highest BCUT2D eigenvalue weighted by Gasteiger charge is 2.15. The van der Waals surface area contributed by atoms with Crippen molar-refractivity contribution in [1.29, 1.82) is 0 Å². The number of hydrogen-bond acceptors (Lipinski definition) is 4. The Bertz CT molecular complexity index is 368. The highest BCUT2D eigenvalue weighted by atomic mass is 32.1. The van der Waals surface area contributed by atoms with Crippen LogP contribution in [-0.2, 0) is 12.8 Å². The fraction of sp³-hybridized carbons (Fsp3) is 0.875. The fourth-order valence-corrected chi connectivity index (χ4v) is 3.83. The molecule has 0 aromatic carbocycles. The van der Waals surface area contributed by atoms with Crippen LogP contribution in [0.2, 0.25) is 0 Å². The zero-order valence-corrected chi connectivity index (χ0v) is 13.8. The molecule has 20 heavy (non-hydrogen) atoms. The van der Waals surface area contributed by atoms with Gasteiger partial charge in [0.1, 0.15) is 10.0 Å². The highest BCUT2D eigenvalue weighted by Crippen LogP contribution is 2.27. The van der Waals surface area contributed by atoms with Gasteiger partial charge in [-0.2, -0.15) is 0 Å². The zero-order valence-electron chi connectivity index (χ0n) is 13.0. The van der Waals surface area contributed by atoms with Gasteiger partial charge in [-0.25, -0.2) is 0 Å². The summed E-state index contributed by atoms with van der Waals surface area (Å²) in [6, 6.07) is 0. The molecule has 0 atom stereocenters. The van der Waals surface area contributed by atoms with Crippen LogP contribution >= 0.6 is 11.3 Å². The van der Waals surface area contributed by atoms with Crippen LogP contribution in [0.3, 0.4) is 0 Å². The quantitative estimate of drug-likeness (QED) is 0.613. The second-order valence-corrected chi connectivity index (χ2v) is 7.65. The third-order valence-electron chi connectivity index (χ3n) is 4.01. The molecule has 1 N–H and O–H groups in total. The van der Waals surface area contributed by atoms with Gasteiger partial charge in [0, 0.05) is 19.4 Å². The first-order valence-corrected chi connectivity index (χ1v) is 9.07. The van der Waals surface area contributed by atoms with Gasteiger partial charge in [-0.1, -0.05) is 52.4 Å². The molecule has 1 aliphatic rings. The molecule has 0 saturated heterocycles. The molecule has 0 aliphatic heterocycles. The van der Waals surface area contributed by atoms with E-state index in [1.165, 1.54) is 48.5 Å². The summed E-state index contributed by atoms with van der Waals surface area (Å²) in [6.07, 6.45) is 10.7. The van der Waals surface area contributed by atoms with E-state index in [9.17, 15) is 0 Å². The van der Waals surface area contributed by atoms with E-state index in [2.05, 4.69) is 29.4 Å². The maximum atomic E-state index is 4.40. The van der Waals surface area contributed by atoms with Crippen molar-refractivity contribution in [1.82, 2.24) is 15.5 Å². The first kappa shape index (κ1) is 15.9. The lowest BCUT2D eigenvalue weighted by Gasteiger charge is -2.10. The summed E-state index contributed by atoms with van der Waals surface area (Å²) in [5.74, 6) is 1.58. The molecule has 4 heteroatoms. The van der Waals surface area contributed by atoms with Gasteiger partial charge in [-0.05, 0) is 18.4 Å². The topological polar surface area (TPSA) is 37.8 Å². The predicted molar refractivity (Wildman–Crippen MR) is 86.2 cm³/mol. The average molecular weight is 295 g/mol. The van der Waals surface area contributed by atoms with Crippen molar-refractivity contribution >= 4 is 11.3 Å². The average Bonchev–Trinajstić information content (AvgIpc) is 2.69. The molecule has 1 heterocycles. The third-order valence-corrected chi connectivity index (χ3v) is 5.02. The number of hydrogen-bond donors (Lipinski definition) is 1. The molecule has 0 unspecified atom stereocenters. The lowest BCUT2D eigenvalue weighted by Crippen LogP contribution is -2.22. The lowest BCUT2D eigenvalue weighted by atomic mass is 9.97. The molecule has 1 saturated carbocycles. The minimum Gasteiger partial charge on any atom is -0.316 e. The van der Waals surface area contributed by atoms with E-state index in [0.29, 0.717) is 0 Å². The van der Waals surface area contributed by atoms with Gasteiger partial charge in [0.15, 0.2) is 0 Å². The first-order chi connectivity index (χ1) is 9.74. The molecule has 0 amide bonds. The predicted octanol–water partition coefficient (Wildman–Crippen LogP) is 3.84. The van der Waals surface area contributed by atoms with Gasteiger partial charge in [-0.15, -0.1) is 21.5 Å². The van der Waals surface area contributed by atoms with Crippen LogP contribution in [0, 0.1) is 11.8 Å². The second kappa shape index (κ2) is 8.73. The highest BCUT2D eigenvalue weighted by molar-refractivity contribution is 7.11. The summed E-state index contributed by atoms with van der Waals surface area (Å²) < 4.78 is 0. The SMILES string of the molecule is CC(C)CNCCc1nnc(CC2CCCCCC2)s1. The summed E-state index contributed by atoms with van der Waals surface area (Å²) in [6.45, 7) is 6.59. The van der Waals surface area contributed by atoms with Crippen LogP contribution in [0.1, 0.15) is 62.4 Å². The van der Waals surface area contributed by atoms with Gasteiger partial charge in [0.25, 0.3) is 0 Å². The standard InChI is InChI=1S/C16H29N3S/c1-13(2)12-17-10-9-15-18-19-16(20-15)11-14-7-5-3-4-6-8-14/h13-14,17H,3-12H2,1-2H3. The molecule has 0 radical (unpaired) electrons. The van der Waals surface area contributed by atoms with Gasteiger partial charge in [0.05, 0.1) is 0 Å². The Kier molecular flexibility index (Phi) is 6.94. The molecular formula is C16H29N3S. The monoisotopic (exact) mass is 295 g/mol. The van der Waals surface area contributed by atoms with Crippen LogP contribution in [0.25, 0.3) is 0 Å². The van der Waals surface area contributed by atoms with Crippen LogP contribution < -0.4 is 5.32 Å². The number of aromatic nitrogens is 2. The number of rotatable bonds is 7. The Morgan fingerprint density at radius 2 is 1.80 bits per heavy atom. The van der Waals surface area contributed by atoms with Gasteiger partial charge in [0.2, 0.25) is 0 Å². The fourth-order valence-electron chi connectivity index (χ4n) is 2.87. The molecule has 0 bridgehead atoms. The Morgan fingerprint density at radius 1 is 1.10 bits per heavy atom. The molecule has 1 aromatic rings. The van der Waals surface area contributed by atoms with E-state index in [-0.39, 0.29) is 0 Å². The normalized spacial score (nSPS) is 17.6. The largest absolute Gasteiger partial charge is 0.316 e. The second-order valence-electron chi connectivity index (χ2n) is 6.50. The summed E-state index contributed by atoms with van der Waals surface area (Å²) in [5, 5.41) is 14.7. The van der Waals surface area contributed by atoms with E-state index < -0.39 is 0 Å². The summed E-state index contributed by atoms with van der Waals surface area (Å²) >= 11 is 1.83. The van der Waals surface area contributed by atoms with E-state index in [1.54, 1.807) is 0 Å². The zero-order chi connectivity index (χ0) is 14.2. The summed E-state index contributed by atoms with van der Waals surface area (Å²) in [4.78, 5) is 0. The lowest BCUT2D eigenvalue weighted by molar-refractivity contribution is 0.456. The molecule has 3 nitrogen and oxygen atoms in total. The van der Waals surface area contributed by atoms with Crippen molar-refractivity contribution in [3.8, 4) is 0 Å². The van der Waals surface area contributed by atoms with Gasteiger partial charge in [-0.3, -0.25) is 0 Å². The van der Waals surface area contributed by atoms with E-state index in [1.807, 2.05) is 11.3 Å². The molecule has 2 rings (SSSR count). The van der Waals surface area contributed by atoms with Crippen LogP contribution in [0.15, 0.2) is 0 Å². The molecular weight excluding hydrogens is 266 g/mol.